The Hall–Kier alpha value is -0.450. The second kappa shape index (κ2) is 5.23. The molecule has 1 N–H and O–H groups in total. The number of hydrogen-bond acceptors (Lipinski definition) is 1. The largest absolute Gasteiger partial charge is 0.298 e. The van der Waals surface area contributed by atoms with E-state index in [1.807, 2.05) is 26.0 Å². The lowest BCUT2D eigenvalue weighted by Crippen LogP contribution is -2.37. The van der Waals surface area contributed by atoms with Crippen LogP contribution in [0.1, 0.15) is 13.8 Å². The zero-order valence-corrected chi connectivity index (χ0v) is 7.78. The van der Waals surface area contributed by atoms with Gasteiger partial charge in [-0.15, -0.1) is 18.0 Å². The van der Waals surface area contributed by atoms with E-state index in [1.165, 1.54) is 0 Å². The molecule has 0 aromatic heterocycles. The summed E-state index contributed by atoms with van der Waals surface area (Å²) in [5, 5.41) is 3.16. The van der Waals surface area contributed by atoms with Crippen LogP contribution < -0.4 is 5.32 Å². The molecule has 0 radical (unpaired) electrons. The maximum absolute atomic E-state index is 5.43. The highest BCUT2D eigenvalue weighted by Crippen LogP contribution is 1.97. The first-order chi connectivity index (χ1) is 5.12. The molecule has 0 aliphatic rings. The third kappa shape index (κ3) is 5.97. The van der Waals surface area contributed by atoms with Crippen molar-refractivity contribution in [3.8, 4) is 12.3 Å². The molecule has 0 aliphatic heterocycles. The quantitative estimate of drug-likeness (QED) is 0.386. The van der Waals surface area contributed by atoms with Crippen LogP contribution in [-0.2, 0) is 0 Å². The summed E-state index contributed by atoms with van der Waals surface area (Å²) < 4.78 is 0. The Balaban J connectivity index is 3.56. The van der Waals surface area contributed by atoms with Crippen LogP contribution in [0.2, 0.25) is 0 Å². The van der Waals surface area contributed by atoms with Crippen molar-refractivity contribution in [3.63, 3.8) is 0 Å². The van der Waals surface area contributed by atoms with Crippen LogP contribution >= 0.6 is 11.6 Å². The van der Waals surface area contributed by atoms with E-state index in [9.17, 15) is 0 Å². The van der Waals surface area contributed by atoms with Crippen LogP contribution in [0.15, 0.2) is 12.2 Å². The van der Waals surface area contributed by atoms with E-state index in [0.717, 1.165) is 6.54 Å². The van der Waals surface area contributed by atoms with E-state index in [1.54, 1.807) is 0 Å². The van der Waals surface area contributed by atoms with Gasteiger partial charge in [0.2, 0.25) is 0 Å². The van der Waals surface area contributed by atoms with E-state index in [2.05, 4.69) is 11.2 Å². The molecule has 0 rings (SSSR count). The van der Waals surface area contributed by atoms with Gasteiger partial charge in [-0.2, -0.15) is 0 Å². The van der Waals surface area contributed by atoms with Crippen LogP contribution in [0, 0.1) is 12.3 Å². The van der Waals surface area contributed by atoms with Gasteiger partial charge >= 0.3 is 0 Å². The summed E-state index contributed by atoms with van der Waals surface area (Å²) >= 11 is 5.43. The van der Waals surface area contributed by atoms with Gasteiger partial charge in [-0.1, -0.05) is 18.1 Å². The zero-order chi connectivity index (χ0) is 8.74. The molecule has 0 bridgehead atoms. The van der Waals surface area contributed by atoms with Gasteiger partial charge in [-0.05, 0) is 13.8 Å². The van der Waals surface area contributed by atoms with Crippen molar-refractivity contribution < 1.29 is 0 Å². The molecule has 0 unspecified atom stereocenters. The number of halogens is 1. The first-order valence-corrected chi connectivity index (χ1v) is 4.09. The van der Waals surface area contributed by atoms with Crippen LogP contribution in [0.5, 0.6) is 0 Å². The Morgan fingerprint density at radius 3 is 2.64 bits per heavy atom. The number of terminal acetylenes is 1. The average Bonchev–Trinajstić information content (AvgIpc) is 1.99. The Kier molecular flexibility index (Phi) is 5.02. The Bertz CT molecular complexity index is 165. The average molecular weight is 172 g/mol. The summed E-state index contributed by atoms with van der Waals surface area (Å²) in [7, 11) is 0. The molecule has 0 saturated heterocycles. The molecular formula is C9H14ClN. The lowest BCUT2D eigenvalue weighted by Gasteiger charge is -2.17. The number of allylic oxidation sites excluding steroid dienone is 1. The number of alkyl halides is 1. The second-order valence-corrected chi connectivity index (χ2v) is 3.08. The first kappa shape index (κ1) is 10.6. The zero-order valence-electron chi connectivity index (χ0n) is 7.02. The van der Waals surface area contributed by atoms with Gasteiger partial charge in [-0.3, -0.25) is 5.32 Å². The summed E-state index contributed by atoms with van der Waals surface area (Å²) in [4.78, 5) is 0. The van der Waals surface area contributed by atoms with Gasteiger partial charge in [0, 0.05) is 12.4 Å². The van der Waals surface area contributed by atoms with E-state index in [4.69, 9.17) is 18.0 Å². The van der Waals surface area contributed by atoms with Crippen molar-refractivity contribution in [1.29, 1.82) is 0 Å². The monoisotopic (exact) mass is 171 g/mol. The highest BCUT2D eigenvalue weighted by atomic mass is 35.5. The van der Waals surface area contributed by atoms with Crippen LogP contribution in [0.4, 0.5) is 0 Å². The molecule has 0 aromatic carbocycles. The van der Waals surface area contributed by atoms with Gasteiger partial charge < -0.3 is 0 Å². The molecule has 0 heterocycles. The van der Waals surface area contributed by atoms with Crippen LogP contribution in [0.3, 0.4) is 0 Å². The Morgan fingerprint density at radius 1 is 1.55 bits per heavy atom. The fraction of sp³-hybridized carbons (Fsp3) is 0.556. The number of rotatable bonds is 4. The highest BCUT2D eigenvalue weighted by Gasteiger charge is 2.09. The van der Waals surface area contributed by atoms with E-state index < -0.39 is 0 Å². The lowest BCUT2D eigenvalue weighted by molar-refractivity contribution is 0.523. The van der Waals surface area contributed by atoms with Gasteiger partial charge in [0.25, 0.3) is 0 Å². The van der Waals surface area contributed by atoms with E-state index in [-0.39, 0.29) is 5.54 Å². The molecule has 0 spiro atoms. The molecule has 0 amide bonds. The topological polar surface area (TPSA) is 12.0 Å². The molecule has 0 aromatic rings. The van der Waals surface area contributed by atoms with Crippen molar-refractivity contribution in [3.05, 3.63) is 12.2 Å². The second-order valence-electron chi connectivity index (χ2n) is 2.78. The molecule has 2 heteroatoms. The number of hydrogen-bond donors (Lipinski definition) is 1. The lowest BCUT2D eigenvalue weighted by atomic mass is 10.1. The van der Waals surface area contributed by atoms with Gasteiger partial charge in [0.15, 0.2) is 0 Å². The summed E-state index contributed by atoms with van der Waals surface area (Å²) in [5.41, 5.74) is -0.226. The minimum atomic E-state index is -0.226. The standard InChI is InChI=1S/C9H14ClN/c1-4-9(2,3)11-8-6-5-7-10/h1,5-6,11H,7-8H2,2-3H3/b6-5+. The first-order valence-electron chi connectivity index (χ1n) is 3.56. The van der Waals surface area contributed by atoms with Crippen molar-refractivity contribution in [2.75, 3.05) is 12.4 Å². The number of nitrogens with one attached hydrogen (secondary N) is 1. The predicted octanol–water partition coefficient (Wildman–Crippen LogP) is 1.78. The minimum Gasteiger partial charge on any atom is -0.298 e. The van der Waals surface area contributed by atoms with E-state index in [0.29, 0.717) is 5.88 Å². The summed E-state index contributed by atoms with van der Waals surface area (Å²) in [5.74, 6) is 3.19. The van der Waals surface area contributed by atoms with E-state index >= 15 is 0 Å². The molecule has 0 aliphatic carbocycles. The fourth-order valence-electron chi connectivity index (χ4n) is 0.511. The highest BCUT2D eigenvalue weighted by molar-refractivity contribution is 6.18. The summed E-state index contributed by atoms with van der Waals surface area (Å²) in [6.07, 6.45) is 9.11. The minimum absolute atomic E-state index is 0.226. The predicted molar refractivity (Wildman–Crippen MR) is 50.8 cm³/mol. The van der Waals surface area contributed by atoms with Crippen LogP contribution in [-0.4, -0.2) is 18.0 Å². The Labute approximate surface area is 73.8 Å². The fourth-order valence-corrected chi connectivity index (χ4v) is 0.637. The third-order valence-electron chi connectivity index (χ3n) is 1.28. The Morgan fingerprint density at radius 2 is 2.18 bits per heavy atom. The summed E-state index contributed by atoms with van der Waals surface area (Å²) in [6, 6.07) is 0. The normalized spacial score (nSPS) is 11.8. The molecule has 0 saturated carbocycles. The van der Waals surface area contributed by atoms with Crippen molar-refractivity contribution >= 4 is 11.6 Å². The SMILES string of the molecule is C#CC(C)(C)NC/C=C/CCl. The van der Waals surface area contributed by atoms with Crippen LogP contribution in [0.25, 0.3) is 0 Å². The maximum Gasteiger partial charge on any atom is 0.0743 e. The third-order valence-corrected chi connectivity index (χ3v) is 1.46. The maximum atomic E-state index is 5.43. The van der Waals surface area contributed by atoms with Crippen molar-refractivity contribution in [2.45, 2.75) is 19.4 Å². The molecular weight excluding hydrogens is 158 g/mol. The summed E-state index contributed by atoms with van der Waals surface area (Å²) in [6.45, 7) is 4.69. The van der Waals surface area contributed by atoms with Crippen molar-refractivity contribution in [1.82, 2.24) is 5.32 Å². The van der Waals surface area contributed by atoms with Gasteiger partial charge in [0.1, 0.15) is 0 Å². The molecule has 11 heavy (non-hydrogen) atoms. The molecule has 1 nitrogen and oxygen atoms in total. The molecule has 0 atom stereocenters. The molecule has 62 valence electrons. The van der Waals surface area contributed by atoms with Gasteiger partial charge in [-0.25, -0.2) is 0 Å². The van der Waals surface area contributed by atoms with Crippen molar-refractivity contribution in [2.24, 2.45) is 0 Å². The smallest absolute Gasteiger partial charge is 0.0743 e. The molecule has 0 fully saturated rings. The van der Waals surface area contributed by atoms with Gasteiger partial charge in [0.05, 0.1) is 5.54 Å².